The molecule has 0 aliphatic carbocycles. The van der Waals surface area contributed by atoms with Gasteiger partial charge in [0.1, 0.15) is 0 Å². The third-order valence-corrected chi connectivity index (χ3v) is 8.08. The quantitative estimate of drug-likeness (QED) is 0.253. The predicted octanol–water partition coefficient (Wildman–Crippen LogP) is 5.00. The van der Waals surface area contributed by atoms with Gasteiger partial charge in [0.25, 0.3) is 0 Å². The molecule has 0 bridgehead atoms. The molecule has 1 heterocycles. The first kappa shape index (κ1) is 26.9. The highest BCUT2D eigenvalue weighted by Crippen LogP contribution is 2.24. The van der Waals surface area contributed by atoms with Gasteiger partial charge in [-0.2, -0.15) is 4.31 Å². The van der Waals surface area contributed by atoms with E-state index in [2.05, 4.69) is 15.6 Å². The lowest BCUT2D eigenvalue weighted by atomic mass is 10.1. The molecule has 1 aromatic heterocycles. The van der Waals surface area contributed by atoms with E-state index in [-0.39, 0.29) is 18.0 Å². The SMILES string of the molecule is O=C(CN(CCc1ccccc1)S(=O)(=O)c1ccc(Cl)cc1)NCCNc1ccnc2cc(Cl)ccc12. The average Bonchev–Trinajstić information content (AvgIpc) is 2.89. The maximum atomic E-state index is 13.3. The summed E-state index contributed by atoms with van der Waals surface area (Å²) >= 11 is 12.0. The van der Waals surface area contributed by atoms with Crippen molar-refractivity contribution in [2.24, 2.45) is 0 Å². The molecule has 0 atom stereocenters. The fraction of sp³-hybridized carbons (Fsp3) is 0.185. The number of fused-ring (bicyclic) bond motifs is 1. The smallest absolute Gasteiger partial charge is 0.243 e. The van der Waals surface area contributed by atoms with Crippen LogP contribution in [0.3, 0.4) is 0 Å². The van der Waals surface area contributed by atoms with Gasteiger partial charge in [-0.25, -0.2) is 8.42 Å². The number of nitrogens with zero attached hydrogens (tertiary/aromatic N) is 2. The van der Waals surface area contributed by atoms with Crippen LogP contribution in [0.4, 0.5) is 5.69 Å². The fourth-order valence-corrected chi connectivity index (χ4v) is 5.52. The van der Waals surface area contributed by atoms with E-state index in [4.69, 9.17) is 23.2 Å². The third kappa shape index (κ3) is 7.20. The van der Waals surface area contributed by atoms with Crippen LogP contribution in [0.5, 0.6) is 0 Å². The van der Waals surface area contributed by atoms with Crippen LogP contribution in [0.2, 0.25) is 10.0 Å². The molecule has 3 aromatic carbocycles. The summed E-state index contributed by atoms with van der Waals surface area (Å²) in [6, 6.07) is 22.8. The number of nitrogens with one attached hydrogen (secondary N) is 2. The van der Waals surface area contributed by atoms with Gasteiger partial charge in [0, 0.05) is 46.9 Å². The van der Waals surface area contributed by atoms with Crippen molar-refractivity contribution in [3.05, 3.63) is 101 Å². The summed E-state index contributed by atoms with van der Waals surface area (Å²) in [4.78, 5) is 17.2. The number of hydrogen-bond acceptors (Lipinski definition) is 5. The molecular formula is C27H26Cl2N4O3S. The summed E-state index contributed by atoms with van der Waals surface area (Å²) in [5.41, 5.74) is 2.61. The summed E-state index contributed by atoms with van der Waals surface area (Å²) in [5, 5.41) is 8.05. The monoisotopic (exact) mass is 556 g/mol. The van der Waals surface area contributed by atoms with Gasteiger partial charge in [-0.15, -0.1) is 0 Å². The number of carbonyl (C=O) groups excluding carboxylic acids is 1. The minimum Gasteiger partial charge on any atom is -0.383 e. The molecule has 2 N–H and O–H groups in total. The molecule has 37 heavy (non-hydrogen) atoms. The molecule has 0 aliphatic rings. The van der Waals surface area contributed by atoms with Crippen LogP contribution >= 0.6 is 23.2 Å². The second kappa shape index (κ2) is 12.4. The second-order valence-corrected chi connectivity index (χ2v) is 11.1. The van der Waals surface area contributed by atoms with Gasteiger partial charge in [0.2, 0.25) is 15.9 Å². The Kier molecular flexibility index (Phi) is 9.00. The minimum absolute atomic E-state index is 0.0871. The Hall–Kier alpha value is -3.17. The fourth-order valence-electron chi connectivity index (χ4n) is 3.83. The van der Waals surface area contributed by atoms with Crippen LogP contribution in [0, 0.1) is 0 Å². The highest BCUT2D eigenvalue weighted by Gasteiger charge is 2.26. The lowest BCUT2D eigenvalue weighted by molar-refractivity contribution is -0.121. The molecule has 0 unspecified atom stereocenters. The normalized spacial score (nSPS) is 11.5. The Morgan fingerprint density at radius 3 is 2.38 bits per heavy atom. The summed E-state index contributed by atoms with van der Waals surface area (Å²) in [5.74, 6) is -0.390. The van der Waals surface area contributed by atoms with Crippen LogP contribution in [0.1, 0.15) is 5.56 Å². The standard InChI is InChI=1S/C27H26Cl2N4O3S/c28-21-6-9-23(10-7-21)37(35,36)33(17-13-20-4-2-1-3-5-20)19-27(34)32-16-15-31-25-12-14-30-26-18-22(29)8-11-24(25)26/h1-12,14,18H,13,15-17,19H2,(H,30,31)(H,32,34). The number of amides is 1. The molecule has 0 saturated carbocycles. The molecule has 0 radical (unpaired) electrons. The lowest BCUT2D eigenvalue weighted by Gasteiger charge is -2.22. The Morgan fingerprint density at radius 2 is 1.62 bits per heavy atom. The van der Waals surface area contributed by atoms with E-state index in [9.17, 15) is 13.2 Å². The number of sulfonamides is 1. The molecule has 4 rings (SSSR count). The van der Waals surface area contributed by atoms with Gasteiger partial charge < -0.3 is 10.6 Å². The molecule has 0 saturated heterocycles. The predicted molar refractivity (Wildman–Crippen MR) is 149 cm³/mol. The molecule has 10 heteroatoms. The van der Waals surface area contributed by atoms with E-state index < -0.39 is 15.9 Å². The number of benzene rings is 3. The number of rotatable bonds is 11. The van der Waals surface area contributed by atoms with Crippen LogP contribution in [0.15, 0.2) is 90.0 Å². The van der Waals surface area contributed by atoms with Gasteiger partial charge >= 0.3 is 0 Å². The first-order chi connectivity index (χ1) is 17.8. The van der Waals surface area contributed by atoms with E-state index in [0.29, 0.717) is 29.6 Å². The molecular weight excluding hydrogens is 531 g/mol. The highest BCUT2D eigenvalue weighted by atomic mass is 35.5. The van der Waals surface area contributed by atoms with Crippen molar-refractivity contribution in [3.63, 3.8) is 0 Å². The number of aromatic nitrogens is 1. The molecule has 7 nitrogen and oxygen atoms in total. The lowest BCUT2D eigenvalue weighted by Crippen LogP contribution is -2.42. The van der Waals surface area contributed by atoms with Gasteiger partial charge in [0.15, 0.2) is 0 Å². The first-order valence-electron chi connectivity index (χ1n) is 11.7. The van der Waals surface area contributed by atoms with Crippen molar-refractivity contribution in [2.45, 2.75) is 11.3 Å². The van der Waals surface area contributed by atoms with E-state index in [1.807, 2.05) is 42.5 Å². The maximum absolute atomic E-state index is 13.3. The Labute approximate surface area is 226 Å². The zero-order valence-electron chi connectivity index (χ0n) is 19.9. The van der Waals surface area contributed by atoms with Crippen molar-refractivity contribution in [2.75, 3.05) is 31.5 Å². The number of anilines is 1. The molecule has 0 aliphatic heterocycles. The third-order valence-electron chi connectivity index (χ3n) is 5.73. The summed E-state index contributed by atoms with van der Waals surface area (Å²) in [6.45, 7) is 0.617. The second-order valence-electron chi connectivity index (χ2n) is 8.32. The molecule has 0 fully saturated rings. The molecule has 4 aromatic rings. The van der Waals surface area contributed by atoms with Crippen molar-refractivity contribution in [3.8, 4) is 0 Å². The molecule has 192 valence electrons. The minimum atomic E-state index is -3.90. The molecule has 1 amide bonds. The zero-order valence-corrected chi connectivity index (χ0v) is 22.2. The van der Waals surface area contributed by atoms with E-state index in [0.717, 1.165) is 22.2 Å². The maximum Gasteiger partial charge on any atom is 0.243 e. The van der Waals surface area contributed by atoms with Crippen LogP contribution in [-0.4, -0.2) is 49.8 Å². The highest BCUT2D eigenvalue weighted by molar-refractivity contribution is 7.89. The van der Waals surface area contributed by atoms with Gasteiger partial charge in [-0.3, -0.25) is 9.78 Å². The number of halogens is 2. The summed E-state index contributed by atoms with van der Waals surface area (Å²) in [7, 11) is -3.90. The Morgan fingerprint density at radius 1 is 0.892 bits per heavy atom. The van der Waals surface area contributed by atoms with Gasteiger partial charge in [0.05, 0.1) is 17.0 Å². The topological polar surface area (TPSA) is 91.4 Å². The Bertz CT molecular complexity index is 1470. The van der Waals surface area contributed by atoms with Crippen molar-refractivity contribution >= 4 is 55.7 Å². The number of hydrogen-bond donors (Lipinski definition) is 2. The van der Waals surface area contributed by atoms with Crippen molar-refractivity contribution in [1.29, 1.82) is 0 Å². The number of carbonyl (C=O) groups is 1. The van der Waals surface area contributed by atoms with Crippen molar-refractivity contribution < 1.29 is 13.2 Å². The van der Waals surface area contributed by atoms with E-state index in [1.54, 1.807) is 18.3 Å². The van der Waals surface area contributed by atoms with E-state index >= 15 is 0 Å². The van der Waals surface area contributed by atoms with Crippen LogP contribution in [-0.2, 0) is 21.2 Å². The first-order valence-corrected chi connectivity index (χ1v) is 13.9. The number of pyridine rings is 1. The zero-order chi connectivity index (χ0) is 26.3. The van der Waals surface area contributed by atoms with Crippen LogP contribution in [0.25, 0.3) is 10.9 Å². The summed E-state index contributed by atoms with van der Waals surface area (Å²) < 4.78 is 27.9. The van der Waals surface area contributed by atoms with E-state index in [1.165, 1.54) is 28.6 Å². The van der Waals surface area contributed by atoms with Gasteiger partial charge in [-0.1, -0.05) is 53.5 Å². The molecule has 0 spiro atoms. The Balaban J connectivity index is 1.38. The average molecular weight is 558 g/mol. The van der Waals surface area contributed by atoms with Crippen molar-refractivity contribution in [1.82, 2.24) is 14.6 Å². The summed E-state index contributed by atoms with van der Waals surface area (Å²) in [6.07, 6.45) is 2.16. The van der Waals surface area contributed by atoms with Gasteiger partial charge in [-0.05, 0) is 60.5 Å². The largest absolute Gasteiger partial charge is 0.383 e. The van der Waals surface area contributed by atoms with Crippen LogP contribution < -0.4 is 10.6 Å².